The number of piperidine rings is 1. The van der Waals surface area contributed by atoms with E-state index in [1.807, 2.05) is 4.90 Å². The Morgan fingerprint density at radius 3 is 2.68 bits per heavy atom. The highest BCUT2D eigenvalue weighted by molar-refractivity contribution is 5.98. The summed E-state index contributed by atoms with van der Waals surface area (Å²) in [6, 6.07) is 9.25. The lowest BCUT2D eigenvalue weighted by Crippen LogP contribution is -2.34. The van der Waals surface area contributed by atoms with Gasteiger partial charge in [0.25, 0.3) is 11.6 Å². The number of rotatable bonds is 6. The molecule has 1 amide bonds. The molecule has 0 bridgehead atoms. The van der Waals surface area contributed by atoms with Crippen LogP contribution in [0.2, 0.25) is 0 Å². The minimum absolute atomic E-state index is 0.0134. The largest absolute Gasteiger partial charge is 0.486 e. The molecule has 0 aromatic heterocycles. The molecule has 4 rings (SSSR count). The molecular weight excluding hydrogens is 442 g/mol. The van der Waals surface area contributed by atoms with Crippen LogP contribution in [-0.2, 0) is 9.53 Å². The number of ether oxygens (including phenoxy) is 3. The number of benzene rings is 2. The third kappa shape index (κ3) is 5.22. The van der Waals surface area contributed by atoms with Gasteiger partial charge in [0.15, 0.2) is 17.6 Å². The number of carbonyl (C=O) groups excluding carboxylic acids is 2. The van der Waals surface area contributed by atoms with Gasteiger partial charge >= 0.3 is 5.97 Å². The lowest BCUT2D eigenvalue weighted by molar-refractivity contribution is -0.384. The Morgan fingerprint density at radius 1 is 1.18 bits per heavy atom. The molecule has 0 unspecified atom stereocenters. The number of esters is 1. The van der Waals surface area contributed by atoms with Crippen molar-refractivity contribution >= 4 is 28.9 Å². The number of nitrogens with zero attached hydrogens (tertiary/aromatic N) is 2. The van der Waals surface area contributed by atoms with Gasteiger partial charge < -0.3 is 24.4 Å². The van der Waals surface area contributed by atoms with Crippen LogP contribution in [0.4, 0.5) is 17.1 Å². The van der Waals surface area contributed by atoms with Gasteiger partial charge in [0.05, 0.1) is 10.5 Å². The quantitative estimate of drug-likeness (QED) is 0.385. The van der Waals surface area contributed by atoms with Crippen molar-refractivity contribution in [3.05, 3.63) is 52.1 Å². The average molecular weight is 469 g/mol. The number of fused-ring (bicyclic) bond motifs is 1. The molecule has 2 aliphatic rings. The molecule has 10 nitrogen and oxygen atoms in total. The Morgan fingerprint density at radius 2 is 1.94 bits per heavy atom. The van der Waals surface area contributed by atoms with E-state index in [2.05, 4.69) is 12.2 Å². The standard InChI is InChI=1S/C24H27N3O7/c1-15-4-3-9-26(14-15)19-7-5-17(12-20(19)27(30)31)24(29)34-16(2)23(28)25-18-6-8-21-22(13-18)33-11-10-32-21/h5-8,12-13,15-16H,3-4,9-11,14H2,1-2H3,(H,25,28)/t15-,16+/m0/s1. The Kier molecular flexibility index (Phi) is 6.85. The summed E-state index contributed by atoms with van der Waals surface area (Å²) in [5.74, 6) is 0.188. The highest BCUT2D eigenvalue weighted by atomic mass is 16.6. The van der Waals surface area contributed by atoms with Gasteiger partial charge in [-0.1, -0.05) is 6.92 Å². The number of hydrogen-bond donors (Lipinski definition) is 1. The predicted molar refractivity (Wildman–Crippen MR) is 125 cm³/mol. The molecule has 1 saturated heterocycles. The van der Waals surface area contributed by atoms with Crippen LogP contribution < -0.4 is 19.7 Å². The van der Waals surface area contributed by atoms with Crippen molar-refractivity contribution in [2.24, 2.45) is 5.92 Å². The van der Waals surface area contributed by atoms with Crippen molar-refractivity contribution in [3.63, 3.8) is 0 Å². The van der Waals surface area contributed by atoms with Gasteiger partial charge in [-0.15, -0.1) is 0 Å². The first kappa shape index (κ1) is 23.3. The summed E-state index contributed by atoms with van der Waals surface area (Å²) in [4.78, 5) is 38.4. The van der Waals surface area contributed by atoms with E-state index in [4.69, 9.17) is 14.2 Å². The van der Waals surface area contributed by atoms with Crippen molar-refractivity contribution in [1.82, 2.24) is 0 Å². The normalized spacial score (nSPS) is 18.1. The van der Waals surface area contributed by atoms with Gasteiger partial charge in [-0.25, -0.2) is 4.79 Å². The van der Waals surface area contributed by atoms with Crippen LogP contribution in [0.25, 0.3) is 0 Å². The fourth-order valence-electron chi connectivity index (χ4n) is 4.12. The highest BCUT2D eigenvalue weighted by Gasteiger charge is 2.27. The molecule has 2 aliphatic heterocycles. The van der Waals surface area contributed by atoms with Crippen LogP contribution in [-0.4, -0.2) is 49.2 Å². The van der Waals surface area contributed by atoms with Crippen LogP contribution in [0.3, 0.4) is 0 Å². The lowest BCUT2D eigenvalue weighted by atomic mass is 9.99. The summed E-state index contributed by atoms with van der Waals surface area (Å²) in [6.07, 6.45) is 0.918. The minimum atomic E-state index is -1.12. The second-order valence-electron chi connectivity index (χ2n) is 8.55. The summed E-state index contributed by atoms with van der Waals surface area (Å²) >= 11 is 0. The van der Waals surface area contributed by atoms with Crippen LogP contribution in [0.1, 0.15) is 37.0 Å². The molecule has 2 aromatic carbocycles. The smallest absolute Gasteiger partial charge is 0.339 e. The maximum atomic E-state index is 12.6. The summed E-state index contributed by atoms with van der Waals surface area (Å²) in [5, 5.41) is 14.4. The van der Waals surface area contributed by atoms with Crippen LogP contribution >= 0.6 is 0 Å². The predicted octanol–water partition coefficient (Wildman–Crippen LogP) is 3.79. The monoisotopic (exact) mass is 469 g/mol. The first-order valence-electron chi connectivity index (χ1n) is 11.3. The van der Waals surface area contributed by atoms with E-state index in [9.17, 15) is 19.7 Å². The van der Waals surface area contributed by atoms with Gasteiger partial charge in [-0.3, -0.25) is 14.9 Å². The first-order valence-corrected chi connectivity index (χ1v) is 11.3. The van der Waals surface area contributed by atoms with E-state index in [0.717, 1.165) is 25.9 Å². The number of carbonyl (C=O) groups is 2. The fraction of sp³-hybridized carbons (Fsp3) is 0.417. The first-order chi connectivity index (χ1) is 16.3. The van der Waals surface area contributed by atoms with Crippen LogP contribution in [0, 0.1) is 16.0 Å². The third-order valence-electron chi connectivity index (χ3n) is 5.87. The molecule has 10 heteroatoms. The number of anilines is 2. The second-order valence-corrected chi connectivity index (χ2v) is 8.55. The molecule has 2 heterocycles. The van der Waals surface area contributed by atoms with E-state index in [0.29, 0.717) is 42.0 Å². The van der Waals surface area contributed by atoms with Gasteiger partial charge in [0, 0.05) is 30.9 Å². The minimum Gasteiger partial charge on any atom is -0.486 e. The molecular formula is C24H27N3O7. The van der Waals surface area contributed by atoms with Gasteiger partial charge in [0.1, 0.15) is 18.9 Å². The van der Waals surface area contributed by atoms with E-state index in [1.54, 1.807) is 24.3 Å². The zero-order chi connectivity index (χ0) is 24.2. The Bertz CT molecular complexity index is 1100. The summed E-state index contributed by atoms with van der Waals surface area (Å²) in [6.45, 7) is 5.88. The van der Waals surface area contributed by atoms with E-state index in [1.165, 1.54) is 19.1 Å². The van der Waals surface area contributed by atoms with Crippen molar-refractivity contribution in [1.29, 1.82) is 0 Å². The number of hydrogen-bond acceptors (Lipinski definition) is 8. The summed E-state index contributed by atoms with van der Waals surface area (Å²) in [5.41, 5.74) is 0.807. The SMILES string of the molecule is C[C@H]1CCCN(c2ccc(C(=O)O[C@H](C)C(=O)Nc3ccc4c(c3)OCCO4)cc2[N+](=O)[O-])C1. The van der Waals surface area contributed by atoms with Crippen molar-refractivity contribution in [2.75, 3.05) is 36.5 Å². The summed E-state index contributed by atoms with van der Waals surface area (Å²) in [7, 11) is 0. The van der Waals surface area contributed by atoms with Gasteiger partial charge in [-0.2, -0.15) is 0 Å². The molecule has 0 aliphatic carbocycles. The Labute approximate surface area is 196 Å². The number of nitro benzene ring substituents is 1. The maximum absolute atomic E-state index is 12.6. The summed E-state index contributed by atoms with van der Waals surface area (Å²) < 4.78 is 16.2. The molecule has 0 saturated carbocycles. The number of nitro groups is 1. The lowest BCUT2D eigenvalue weighted by Gasteiger charge is -2.32. The Hall–Kier alpha value is -3.82. The molecule has 0 radical (unpaired) electrons. The third-order valence-corrected chi connectivity index (χ3v) is 5.87. The van der Waals surface area contributed by atoms with E-state index < -0.39 is 22.9 Å². The van der Waals surface area contributed by atoms with E-state index in [-0.39, 0.29) is 11.3 Å². The molecule has 1 N–H and O–H groups in total. The molecule has 2 aromatic rings. The number of amides is 1. The van der Waals surface area contributed by atoms with Crippen LogP contribution in [0.5, 0.6) is 11.5 Å². The van der Waals surface area contributed by atoms with Gasteiger partial charge in [0.2, 0.25) is 0 Å². The van der Waals surface area contributed by atoms with Crippen molar-refractivity contribution < 1.29 is 28.7 Å². The molecule has 2 atom stereocenters. The molecule has 34 heavy (non-hydrogen) atoms. The zero-order valence-electron chi connectivity index (χ0n) is 19.1. The van der Waals surface area contributed by atoms with E-state index >= 15 is 0 Å². The Balaban J connectivity index is 1.42. The fourth-order valence-corrected chi connectivity index (χ4v) is 4.12. The zero-order valence-corrected chi connectivity index (χ0v) is 19.1. The molecule has 1 fully saturated rings. The van der Waals surface area contributed by atoms with Gasteiger partial charge in [-0.05, 0) is 49.9 Å². The maximum Gasteiger partial charge on any atom is 0.339 e. The van der Waals surface area contributed by atoms with Crippen LogP contribution in [0.15, 0.2) is 36.4 Å². The molecule has 0 spiro atoms. The highest BCUT2D eigenvalue weighted by Crippen LogP contribution is 2.34. The topological polar surface area (TPSA) is 120 Å². The second kappa shape index (κ2) is 9.98. The van der Waals surface area contributed by atoms with Crippen molar-refractivity contribution in [3.8, 4) is 11.5 Å². The number of nitrogens with one attached hydrogen (secondary N) is 1. The molecule has 180 valence electrons. The average Bonchev–Trinajstić information content (AvgIpc) is 2.83. The van der Waals surface area contributed by atoms with Crippen molar-refractivity contribution in [2.45, 2.75) is 32.8 Å².